The molecule has 0 saturated carbocycles. The molecule has 0 amide bonds. The van der Waals surface area contributed by atoms with E-state index in [1.54, 1.807) is 18.2 Å². The van der Waals surface area contributed by atoms with Crippen LogP contribution >= 0.6 is 12.4 Å². The first-order valence-corrected chi connectivity index (χ1v) is 8.01. The highest BCUT2D eigenvalue weighted by Crippen LogP contribution is 2.21. The minimum Gasteiger partial charge on any atom is -0.359 e. The second-order valence-electron chi connectivity index (χ2n) is 5.86. The Hall–Kier alpha value is -0.660. The van der Waals surface area contributed by atoms with Gasteiger partial charge in [-0.2, -0.15) is 8.42 Å². The maximum absolute atomic E-state index is 12.0. The number of hydrogen-bond acceptors (Lipinski definition) is 5. The summed E-state index contributed by atoms with van der Waals surface area (Å²) < 4.78 is 34.6. The molecule has 1 aliphatic heterocycles. The molecule has 1 unspecified atom stereocenters. The van der Waals surface area contributed by atoms with Gasteiger partial charge in [0.15, 0.2) is 0 Å². The molecule has 1 saturated heterocycles. The molecule has 0 N–H and O–H groups in total. The lowest BCUT2D eigenvalue weighted by molar-refractivity contribution is 0.0441. The third kappa shape index (κ3) is 4.93. The van der Waals surface area contributed by atoms with Gasteiger partial charge in [0.2, 0.25) is 0 Å². The molecule has 1 aromatic carbocycles. The average molecular weight is 336 g/mol. The zero-order valence-electron chi connectivity index (χ0n) is 12.5. The fourth-order valence-corrected chi connectivity index (χ4v) is 2.89. The molecule has 1 atom stereocenters. The predicted octanol–water partition coefficient (Wildman–Crippen LogP) is 2.27. The van der Waals surface area contributed by atoms with Crippen molar-refractivity contribution in [1.82, 2.24) is 4.90 Å². The molecule has 0 radical (unpaired) electrons. The Morgan fingerprint density at radius 3 is 2.43 bits per heavy atom. The van der Waals surface area contributed by atoms with E-state index in [0.29, 0.717) is 13.3 Å². The van der Waals surface area contributed by atoms with Crippen LogP contribution in [0, 0.1) is 0 Å². The Balaban J connectivity index is 0.00000220. The molecule has 1 fully saturated rings. The van der Waals surface area contributed by atoms with Gasteiger partial charge in [0.05, 0.1) is 17.6 Å². The molecule has 0 aromatic heterocycles. The van der Waals surface area contributed by atoms with E-state index >= 15 is 0 Å². The minimum atomic E-state index is -3.70. The first-order chi connectivity index (χ1) is 9.29. The molecule has 5 nitrogen and oxygen atoms in total. The second-order valence-corrected chi connectivity index (χ2v) is 7.48. The maximum Gasteiger partial charge on any atom is 0.297 e. The van der Waals surface area contributed by atoms with Crippen LogP contribution in [0.3, 0.4) is 0 Å². The summed E-state index contributed by atoms with van der Waals surface area (Å²) in [6, 6.07) is 8.15. The van der Waals surface area contributed by atoms with Gasteiger partial charge in [0.25, 0.3) is 10.1 Å². The lowest BCUT2D eigenvalue weighted by Crippen LogP contribution is -2.40. The van der Waals surface area contributed by atoms with Gasteiger partial charge < -0.3 is 4.74 Å². The number of benzene rings is 1. The quantitative estimate of drug-likeness (QED) is 0.790. The molecule has 120 valence electrons. The lowest BCUT2D eigenvalue weighted by Gasteiger charge is -2.29. The summed E-state index contributed by atoms with van der Waals surface area (Å²) in [7, 11) is -3.70. The van der Waals surface area contributed by atoms with Gasteiger partial charge in [-0.3, -0.25) is 9.08 Å². The highest BCUT2D eigenvalue weighted by atomic mass is 35.5. The van der Waals surface area contributed by atoms with Crippen molar-refractivity contribution < 1.29 is 17.3 Å². The lowest BCUT2D eigenvalue weighted by atomic mass is 10.1. The molecule has 1 aromatic rings. The largest absolute Gasteiger partial charge is 0.359 e. The van der Waals surface area contributed by atoms with E-state index in [2.05, 4.69) is 25.7 Å². The summed E-state index contributed by atoms with van der Waals surface area (Å²) in [4.78, 5) is 2.32. The molecule has 0 bridgehead atoms. The first kappa shape index (κ1) is 18.4. The fourth-order valence-electron chi connectivity index (χ4n) is 1.94. The summed E-state index contributed by atoms with van der Waals surface area (Å²) in [5.41, 5.74) is 0.00700. The molecule has 7 heteroatoms. The van der Waals surface area contributed by atoms with Crippen LogP contribution in [0.5, 0.6) is 0 Å². The minimum absolute atomic E-state index is 0. The van der Waals surface area contributed by atoms with Gasteiger partial charge >= 0.3 is 0 Å². The molecule has 0 aliphatic carbocycles. The van der Waals surface area contributed by atoms with Crippen LogP contribution in [-0.4, -0.2) is 44.8 Å². The molecule has 1 heterocycles. The fraction of sp³-hybridized carbons (Fsp3) is 0.571. The number of rotatable bonds is 4. The van der Waals surface area contributed by atoms with E-state index in [-0.39, 0.29) is 35.6 Å². The highest BCUT2D eigenvalue weighted by molar-refractivity contribution is 7.86. The van der Waals surface area contributed by atoms with Gasteiger partial charge in [-0.15, -0.1) is 12.4 Å². The number of nitrogens with zero attached hydrogens (tertiary/aromatic N) is 1. The van der Waals surface area contributed by atoms with Crippen molar-refractivity contribution in [3.8, 4) is 0 Å². The van der Waals surface area contributed by atoms with Crippen molar-refractivity contribution in [2.24, 2.45) is 0 Å². The standard InChI is InChI=1S/C14H21NO4S.ClH/c1-14(2,3)15-9-12(18-11-15)10-19-20(16,17)13-7-5-4-6-8-13;/h4-8,12H,9-11H2,1-3H3;1H. The van der Waals surface area contributed by atoms with Crippen LogP contribution in [0.4, 0.5) is 0 Å². The predicted molar refractivity (Wildman–Crippen MR) is 83.0 cm³/mol. The third-order valence-corrected chi connectivity index (χ3v) is 4.58. The van der Waals surface area contributed by atoms with Crippen LogP contribution in [-0.2, 0) is 19.0 Å². The van der Waals surface area contributed by atoms with Crippen LogP contribution < -0.4 is 0 Å². The summed E-state index contributed by atoms with van der Waals surface area (Å²) in [6.07, 6.45) is -0.215. The van der Waals surface area contributed by atoms with Crippen molar-refractivity contribution in [3.05, 3.63) is 30.3 Å². The summed E-state index contributed by atoms with van der Waals surface area (Å²) >= 11 is 0. The molecule has 0 spiro atoms. The normalized spacial score (nSPS) is 20.2. The Kier molecular flexibility index (Phi) is 6.19. The summed E-state index contributed by atoms with van der Waals surface area (Å²) in [6.45, 7) is 7.52. The van der Waals surface area contributed by atoms with Crippen molar-refractivity contribution >= 4 is 22.5 Å². The Morgan fingerprint density at radius 1 is 1.29 bits per heavy atom. The van der Waals surface area contributed by atoms with E-state index in [9.17, 15) is 8.42 Å². The van der Waals surface area contributed by atoms with Crippen molar-refractivity contribution in [1.29, 1.82) is 0 Å². The SMILES string of the molecule is CC(C)(C)N1COC(COS(=O)(=O)c2ccccc2)C1.Cl. The van der Waals surface area contributed by atoms with E-state index in [0.717, 1.165) is 0 Å². The van der Waals surface area contributed by atoms with Gasteiger partial charge in [0.1, 0.15) is 6.73 Å². The van der Waals surface area contributed by atoms with Crippen LogP contribution in [0.15, 0.2) is 35.2 Å². The van der Waals surface area contributed by atoms with Gasteiger partial charge in [0, 0.05) is 12.1 Å². The number of halogens is 1. The van der Waals surface area contributed by atoms with Crippen molar-refractivity contribution in [2.45, 2.75) is 37.3 Å². The van der Waals surface area contributed by atoms with Gasteiger partial charge in [-0.05, 0) is 32.9 Å². The third-order valence-electron chi connectivity index (χ3n) is 3.28. The average Bonchev–Trinajstić information content (AvgIpc) is 2.86. The van der Waals surface area contributed by atoms with E-state index in [4.69, 9.17) is 8.92 Å². The Bertz CT molecular complexity index is 542. The van der Waals surface area contributed by atoms with Gasteiger partial charge in [-0.25, -0.2) is 0 Å². The number of hydrogen-bond donors (Lipinski definition) is 0. The zero-order valence-corrected chi connectivity index (χ0v) is 14.1. The smallest absolute Gasteiger partial charge is 0.297 e. The van der Waals surface area contributed by atoms with Crippen LogP contribution in [0.25, 0.3) is 0 Å². The topological polar surface area (TPSA) is 55.8 Å². The molecule has 21 heavy (non-hydrogen) atoms. The molecular weight excluding hydrogens is 314 g/mol. The second kappa shape index (κ2) is 7.07. The van der Waals surface area contributed by atoms with E-state index in [1.165, 1.54) is 12.1 Å². The summed E-state index contributed by atoms with van der Waals surface area (Å²) in [5.74, 6) is 0. The van der Waals surface area contributed by atoms with Crippen LogP contribution in [0.2, 0.25) is 0 Å². The van der Waals surface area contributed by atoms with E-state index < -0.39 is 10.1 Å². The monoisotopic (exact) mass is 335 g/mol. The molecule has 2 rings (SSSR count). The van der Waals surface area contributed by atoms with Crippen molar-refractivity contribution in [2.75, 3.05) is 19.9 Å². The molecule has 1 aliphatic rings. The van der Waals surface area contributed by atoms with Gasteiger partial charge in [-0.1, -0.05) is 18.2 Å². The molecular formula is C14H22ClNO4S. The number of ether oxygens (including phenoxy) is 1. The Morgan fingerprint density at radius 2 is 1.90 bits per heavy atom. The van der Waals surface area contributed by atoms with Crippen molar-refractivity contribution in [3.63, 3.8) is 0 Å². The Labute approximate surface area is 132 Å². The van der Waals surface area contributed by atoms with Crippen LogP contribution in [0.1, 0.15) is 20.8 Å². The zero-order chi connectivity index (χ0) is 14.8. The highest BCUT2D eigenvalue weighted by Gasteiger charge is 2.32. The first-order valence-electron chi connectivity index (χ1n) is 6.60. The van der Waals surface area contributed by atoms with E-state index in [1.807, 2.05) is 0 Å². The summed E-state index contributed by atoms with van der Waals surface area (Å²) in [5, 5.41) is 0. The maximum atomic E-state index is 12.0.